The monoisotopic (exact) mass is 290 g/mol. The van der Waals surface area contributed by atoms with Gasteiger partial charge in [-0.15, -0.1) is 0 Å². The lowest BCUT2D eigenvalue weighted by molar-refractivity contribution is 0.0697. The van der Waals surface area contributed by atoms with Gasteiger partial charge < -0.3 is 10.1 Å². The third kappa shape index (κ3) is 3.01. The van der Waals surface area contributed by atoms with Crippen molar-refractivity contribution < 1.29 is 9.90 Å². The summed E-state index contributed by atoms with van der Waals surface area (Å²) in [6, 6.07) is 4.75. The zero-order chi connectivity index (χ0) is 15.7. The highest BCUT2D eigenvalue weighted by molar-refractivity contribution is 5.92. The molecule has 114 valence electrons. The summed E-state index contributed by atoms with van der Waals surface area (Å²) in [6.45, 7) is 9.28. The first-order chi connectivity index (χ1) is 9.81. The minimum atomic E-state index is -0.993. The van der Waals surface area contributed by atoms with Gasteiger partial charge in [0, 0.05) is 6.54 Å². The van der Waals surface area contributed by atoms with E-state index in [1.54, 1.807) is 10.6 Å². The maximum absolute atomic E-state index is 12.2. The van der Waals surface area contributed by atoms with Crippen molar-refractivity contribution in [2.45, 2.75) is 34.2 Å². The predicted molar refractivity (Wildman–Crippen MR) is 82.7 cm³/mol. The highest BCUT2D eigenvalue weighted by Crippen LogP contribution is 2.24. The van der Waals surface area contributed by atoms with E-state index < -0.39 is 5.97 Å². The first-order valence-corrected chi connectivity index (χ1v) is 7.27. The molecular formula is C16H22N2O3. The van der Waals surface area contributed by atoms with Gasteiger partial charge >= 0.3 is 11.7 Å². The van der Waals surface area contributed by atoms with E-state index in [-0.39, 0.29) is 11.3 Å². The molecule has 1 heterocycles. The van der Waals surface area contributed by atoms with Gasteiger partial charge in [-0.2, -0.15) is 0 Å². The van der Waals surface area contributed by atoms with Crippen LogP contribution in [0.5, 0.6) is 0 Å². The largest absolute Gasteiger partial charge is 0.478 e. The molecule has 0 fully saturated rings. The fraction of sp³-hybridized carbons (Fsp3) is 0.500. The summed E-state index contributed by atoms with van der Waals surface area (Å²) in [6.07, 6.45) is 0. The fourth-order valence-corrected chi connectivity index (χ4v) is 2.88. The van der Waals surface area contributed by atoms with E-state index in [1.165, 1.54) is 12.1 Å². The van der Waals surface area contributed by atoms with Crippen LogP contribution in [0.1, 0.15) is 38.1 Å². The molecule has 0 radical (unpaired) electrons. The minimum Gasteiger partial charge on any atom is -0.478 e. The number of aromatic carboxylic acids is 1. The number of carboxylic acids is 1. The van der Waals surface area contributed by atoms with Crippen LogP contribution in [0.4, 0.5) is 0 Å². The fourth-order valence-electron chi connectivity index (χ4n) is 2.88. The number of fused-ring (bicyclic) bond motifs is 1. The van der Waals surface area contributed by atoms with E-state index in [4.69, 9.17) is 5.11 Å². The number of benzene rings is 1. The van der Waals surface area contributed by atoms with Crippen LogP contribution < -0.4 is 5.69 Å². The summed E-state index contributed by atoms with van der Waals surface area (Å²) in [5.74, 6) is 0.342. The molecule has 1 aromatic carbocycles. The van der Waals surface area contributed by atoms with E-state index in [1.807, 2.05) is 0 Å². The van der Waals surface area contributed by atoms with Crippen molar-refractivity contribution in [2.24, 2.45) is 17.8 Å². The molecule has 2 rings (SSSR count). The van der Waals surface area contributed by atoms with Gasteiger partial charge in [-0.05, 0) is 36.0 Å². The lowest BCUT2D eigenvalue weighted by atomic mass is 9.85. The van der Waals surface area contributed by atoms with Gasteiger partial charge in [0.25, 0.3) is 0 Å². The lowest BCUT2D eigenvalue weighted by Gasteiger charge is -2.25. The second-order valence-electron chi connectivity index (χ2n) is 6.23. The van der Waals surface area contributed by atoms with Crippen LogP contribution in [0.25, 0.3) is 11.0 Å². The van der Waals surface area contributed by atoms with Crippen LogP contribution in [0, 0.1) is 17.8 Å². The molecule has 5 heteroatoms. The van der Waals surface area contributed by atoms with Crippen molar-refractivity contribution in [3.63, 3.8) is 0 Å². The molecule has 0 aliphatic heterocycles. The number of nitrogens with one attached hydrogen (secondary N) is 1. The number of imidazole rings is 1. The Labute approximate surface area is 123 Å². The maximum Gasteiger partial charge on any atom is 0.335 e. The Morgan fingerprint density at radius 3 is 2.38 bits per heavy atom. The molecule has 0 unspecified atom stereocenters. The van der Waals surface area contributed by atoms with Gasteiger partial charge in [-0.3, -0.25) is 4.57 Å². The van der Waals surface area contributed by atoms with E-state index in [0.717, 1.165) is 5.52 Å². The Kier molecular flexibility index (Phi) is 4.21. The van der Waals surface area contributed by atoms with Crippen molar-refractivity contribution in [2.75, 3.05) is 0 Å². The summed E-state index contributed by atoms with van der Waals surface area (Å²) in [4.78, 5) is 25.9. The number of rotatable bonds is 5. The molecule has 2 aromatic rings. The number of carbonyl (C=O) groups is 1. The number of aromatic amines is 1. The van der Waals surface area contributed by atoms with E-state index in [0.29, 0.717) is 29.8 Å². The summed E-state index contributed by atoms with van der Waals surface area (Å²) < 4.78 is 1.71. The minimum absolute atomic E-state index is 0.181. The predicted octanol–water partition coefficient (Wildman–Crippen LogP) is 2.96. The number of carboxylic acid groups (broad SMARTS) is 1. The van der Waals surface area contributed by atoms with Crippen LogP contribution in [0.3, 0.4) is 0 Å². The standard InChI is InChI=1S/C16H22N2O3/c1-9(2)12(10(3)4)8-18-14-6-5-11(15(19)20)7-13(14)17-16(18)21/h5-7,9-10,12H,8H2,1-4H3,(H,17,21)(H,19,20). The second-order valence-corrected chi connectivity index (χ2v) is 6.23. The number of hydrogen-bond acceptors (Lipinski definition) is 2. The molecule has 2 N–H and O–H groups in total. The van der Waals surface area contributed by atoms with Crippen molar-refractivity contribution in [3.05, 3.63) is 34.2 Å². The molecule has 0 saturated carbocycles. The van der Waals surface area contributed by atoms with Crippen molar-refractivity contribution in [1.29, 1.82) is 0 Å². The van der Waals surface area contributed by atoms with Crippen molar-refractivity contribution in [1.82, 2.24) is 9.55 Å². The van der Waals surface area contributed by atoms with Gasteiger partial charge in [0.2, 0.25) is 0 Å². The van der Waals surface area contributed by atoms with Gasteiger partial charge in [0.1, 0.15) is 0 Å². The Morgan fingerprint density at radius 1 is 1.24 bits per heavy atom. The molecule has 0 aliphatic carbocycles. The second kappa shape index (κ2) is 5.76. The van der Waals surface area contributed by atoms with Gasteiger partial charge in [0.05, 0.1) is 16.6 Å². The van der Waals surface area contributed by atoms with E-state index in [2.05, 4.69) is 32.7 Å². The first kappa shape index (κ1) is 15.4. The summed E-state index contributed by atoms with van der Waals surface area (Å²) in [5.41, 5.74) is 1.33. The zero-order valence-electron chi connectivity index (χ0n) is 12.9. The molecule has 0 spiro atoms. The highest BCUT2D eigenvalue weighted by Gasteiger charge is 2.20. The lowest BCUT2D eigenvalue weighted by Crippen LogP contribution is -2.27. The quantitative estimate of drug-likeness (QED) is 0.889. The van der Waals surface area contributed by atoms with Crippen LogP contribution in [0.15, 0.2) is 23.0 Å². The van der Waals surface area contributed by atoms with E-state index in [9.17, 15) is 9.59 Å². The number of H-pyrrole nitrogens is 1. The topological polar surface area (TPSA) is 75.1 Å². The van der Waals surface area contributed by atoms with E-state index >= 15 is 0 Å². The average molecular weight is 290 g/mol. The maximum atomic E-state index is 12.2. The van der Waals surface area contributed by atoms with Crippen LogP contribution in [-0.2, 0) is 6.54 Å². The molecule has 0 aliphatic rings. The van der Waals surface area contributed by atoms with Crippen LogP contribution in [0.2, 0.25) is 0 Å². The first-order valence-electron chi connectivity index (χ1n) is 7.27. The van der Waals surface area contributed by atoms with Crippen LogP contribution in [-0.4, -0.2) is 20.6 Å². The normalized spacial score (nSPS) is 12.0. The SMILES string of the molecule is CC(C)C(Cn1c(=O)[nH]c2cc(C(=O)O)ccc21)C(C)C. The van der Waals surface area contributed by atoms with Crippen molar-refractivity contribution in [3.8, 4) is 0 Å². The van der Waals surface area contributed by atoms with Crippen LogP contribution >= 0.6 is 0 Å². The smallest absolute Gasteiger partial charge is 0.335 e. The summed E-state index contributed by atoms with van der Waals surface area (Å²) in [5, 5.41) is 9.01. The van der Waals surface area contributed by atoms with Crippen molar-refractivity contribution >= 4 is 17.0 Å². The molecule has 21 heavy (non-hydrogen) atoms. The molecule has 0 saturated heterocycles. The molecule has 1 aromatic heterocycles. The Morgan fingerprint density at radius 2 is 1.86 bits per heavy atom. The Balaban J connectivity index is 2.47. The summed E-state index contributed by atoms with van der Waals surface area (Å²) in [7, 11) is 0. The molecular weight excluding hydrogens is 268 g/mol. The zero-order valence-corrected chi connectivity index (χ0v) is 12.9. The Hall–Kier alpha value is -2.04. The molecule has 0 bridgehead atoms. The third-order valence-electron chi connectivity index (χ3n) is 4.13. The molecule has 0 amide bonds. The van der Waals surface area contributed by atoms with Gasteiger partial charge in [-0.1, -0.05) is 27.7 Å². The van der Waals surface area contributed by atoms with Gasteiger partial charge in [-0.25, -0.2) is 9.59 Å². The summed E-state index contributed by atoms with van der Waals surface area (Å²) >= 11 is 0. The third-order valence-corrected chi connectivity index (χ3v) is 4.13. The molecule has 5 nitrogen and oxygen atoms in total. The van der Waals surface area contributed by atoms with Gasteiger partial charge in [0.15, 0.2) is 0 Å². The average Bonchev–Trinajstić information content (AvgIpc) is 2.69. The number of nitrogens with zero attached hydrogens (tertiary/aromatic N) is 1. The Bertz CT molecular complexity index is 702. The number of aromatic nitrogens is 2. The highest BCUT2D eigenvalue weighted by atomic mass is 16.4. The number of hydrogen-bond donors (Lipinski definition) is 2. The molecule has 0 atom stereocenters.